The van der Waals surface area contributed by atoms with Crippen LogP contribution in [0.5, 0.6) is 0 Å². The summed E-state index contributed by atoms with van der Waals surface area (Å²) in [5, 5.41) is 0. The Morgan fingerprint density at radius 3 is 2.63 bits per heavy atom. The van der Waals surface area contributed by atoms with Gasteiger partial charge in [0.1, 0.15) is 17.8 Å². The van der Waals surface area contributed by atoms with E-state index in [2.05, 4.69) is 13.8 Å². The fourth-order valence-corrected chi connectivity index (χ4v) is 6.00. The molecule has 0 N–H and O–H groups in total. The number of unbranched alkanes of at least 4 members (excludes halogenated alkanes) is 1. The van der Waals surface area contributed by atoms with Crippen LogP contribution in [-0.2, 0) is 28.6 Å². The standard InChI is InChI=1S/C21H29O6/c1-3-4-8-21(9-6-5-7-10-21)27-20(24)16-14-11-13-15(16)19(23)26-18(13)17(14)25-12(2)22/h13-18H,2-11H2,1H3. The van der Waals surface area contributed by atoms with Crippen molar-refractivity contribution in [3.8, 4) is 0 Å². The number of ether oxygens (including phenoxy) is 3. The third-order valence-corrected chi connectivity index (χ3v) is 7.15. The molecule has 1 heterocycles. The second-order valence-electron chi connectivity index (χ2n) is 8.74. The van der Waals surface area contributed by atoms with Crippen molar-refractivity contribution < 1.29 is 28.6 Å². The summed E-state index contributed by atoms with van der Waals surface area (Å²) < 4.78 is 17.0. The molecule has 6 atom stereocenters. The number of hydrogen-bond acceptors (Lipinski definition) is 6. The third-order valence-electron chi connectivity index (χ3n) is 7.15. The zero-order valence-corrected chi connectivity index (χ0v) is 16.0. The van der Waals surface area contributed by atoms with Gasteiger partial charge in [-0.1, -0.05) is 19.8 Å². The van der Waals surface area contributed by atoms with E-state index in [-0.39, 0.29) is 23.8 Å². The van der Waals surface area contributed by atoms with E-state index in [0.29, 0.717) is 6.42 Å². The highest BCUT2D eigenvalue weighted by molar-refractivity contribution is 5.86. The van der Waals surface area contributed by atoms with E-state index in [1.54, 1.807) is 0 Å². The highest BCUT2D eigenvalue weighted by atomic mass is 16.6. The van der Waals surface area contributed by atoms with Gasteiger partial charge in [0.2, 0.25) is 0 Å². The van der Waals surface area contributed by atoms with Crippen LogP contribution in [0.3, 0.4) is 0 Å². The van der Waals surface area contributed by atoms with E-state index in [4.69, 9.17) is 14.2 Å². The van der Waals surface area contributed by atoms with Crippen LogP contribution in [0.1, 0.15) is 64.7 Å². The fourth-order valence-electron chi connectivity index (χ4n) is 6.00. The van der Waals surface area contributed by atoms with Crippen LogP contribution in [0.25, 0.3) is 0 Å². The number of carbonyl (C=O) groups is 3. The van der Waals surface area contributed by atoms with E-state index in [9.17, 15) is 14.4 Å². The molecule has 6 unspecified atom stereocenters. The summed E-state index contributed by atoms with van der Waals surface area (Å²) in [4.78, 5) is 37.1. The molecule has 4 fully saturated rings. The fraction of sp³-hybridized carbons (Fsp3) is 0.810. The van der Waals surface area contributed by atoms with Crippen molar-refractivity contribution in [1.29, 1.82) is 0 Å². The Morgan fingerprint density at radius 2 is 1.96 bits per heavy atom. The van der Waals surface area contributed by atoms with Crippen molar-refractivity contribution >= 4 is 17.9 Å². The Balaban J connectivity index is 1.53. The zero-order valence-electron chi connectivity index (χ0n) is 16.0. The van der Waals surface area contributed by atoms with Crippen LogP contribution >= 0.6 is 0 Å². The van der Waals surface area contributed by atoms with Crippen molar-refractivity contribution in [1.82, 2.24) is 0 Å². The van der Waals surface area contributed by atoms with Gasteiger partial charge in [0.25, 0.3) is 0 Å². The molecule has 4 rings (SSSR count). The average molecular weight is 377 g/mol. The minimum absolute atomic E-state index is 0.0534. The van der Waals surface area contributed by atoms with Crippen LogP contribution in [0.4, 0.5) is 0 Å². The van der Waals surface area contributed by atoms with Gasteiger partial charge in [0, 0.05) is 11.8 Å². The second kappa shape index (κ2) is 7.10. The van der Waals surface area contributed by atoms with E-state index >= 15 is 0 Å². The summed E-state index contributed by atoms with van der Waals surface area (Å²) in [5.74, 6) is -2.56. The van der Waals surface area contributed by atoms with Crippen LogP contribution in [0.15, 0.2) is 0 Å². The van der Waals surface area contributed by atoms with Crippen LogP contribution in [-0.4, -0.2) is 35.7 Å². The second-order valence-corrected chi connectivity index (χ2v) is 8.74. The van der Waals surface area contributed by atoms with Crippen LogP contribution in [0.2, 0.25) is 0 Å². The number of esters is 3. The first-order chi connectivity index (χ1) is 13.0. The van der Waals surface area contributed by atoms with Crippen LogP contribution in [0, 0.1) is 30.6 Å². The number of rotatable bonds is 6. The molecule has 1 saturated heterocycles. The zero-order chi connectivity index (χ0) is 19.2. The molecule has 4 aliphatic rings. The molecule has 0 amide bonds. The Labute approximate surface area is 160 Å². The van der Waals surface area contributed by atoms with Gasteiger partial charge < -0.3 is 14.2 Å². The summed E-state index contributed by atoms with van der Waals surface area (Å²) in [6, 6.07) is 0. The number of hydrogen-bond donors (Lipinski definition) is 0. The van der Waals surface area contributed by atoms with Crippen molar-refractivity contribution in [3.05, 3.63) is 6.92 Å². The minimum Gasteiger partial charge on any atom is -0.459 e. The van der Waals surface area contributed by atoms with Gasteiger partial charge in [0.05, 0.1) is 18.8 Å². The molecule has 6 heteroatoms. The Hall–Kier alpha value is -1.59. The lowest BCUT2D eigenvalue weighted by molar-refractivity contribution is -0.178. The maximum Gasteiger partial charge on any atom is 0.310 e. The summed E-state index contributed by atoms with van der Waals surface area (Å²) >= 11 is 0. The first-order valence-electron chi connectivity index (χ1n) is 10.4. The molecule has 149 valence electrons. The molecule has 0 spiro atoms. The molecule has 3 saturated carbocycles. The van der Waals surface area contributed by atoms with Crippen LogP contribution < -0.4 is 0 Å². The molecule has 1 aliphatic heterocycles. The van der Waals surface area contributed by atoms with Crippen molar-refractivity contribution in [3.63, 3.8) is 0 Å². The molecule has 0 aromatic rings. The predicted octanol–water partition coefficient (Wildman–Crippen LogP) is 2.98. The predicted molar refractivity (Wildman–Crippen MR) is 95.1 cm³/mol. The Kier molecular flexibility index (Phi) is 4.93. The monoisotopic (exact) mass is 377 g/mol. The molecule has 0 aromatic heterocycles. The van der Waals surface area contributed by atoms with Crippen molar-refractivity contribution in [2.45, 2.75) is 82.5 Å². The van der Waals surface area contributed by atoms with Gasteiger partial charge in [-0.3, -0.25) is 14.4 Å². The SMILES string of the molecule is [CH2]C(=O)OC1C2CC3C1OC(=O)C3C2C(=O)OC1(CCCC)CCCCC1. The van der Waals surface area contributed by atoms with E-state index in [1.165, 1.54) is 6.42 Å². The average Bonchev–Trinajstić information content (AvgIpc) is 3.24. The summed E-state index contributed by atoms with van der Waals surface area (Å²) in [6.45, 7) is 5.42. The first kappa shape index (κ1) is 18.8. The van der Waals surface area contributed by atoms with Gasteiger partial charge in [-0.25, -0.2) is 0 Å². The third kappa shape index (κ3) is 3.15. The molecule has 2 bridgehead atoms. The maximum absolute atomic E-state index is 13.3. The van der Waals surface area contributed by atoms with E-state index in [0.717, 1.165) is 44.9 Å². The lowest BCUT2D eigenvalue weighted by Crippen LogP contribution is -2.46. The topological polar surface area (TPSA) is 78.9 Å². The highest BCUT2D eigenvalue weighted by Crippen LogP contribution is 2.59. The molecule has 1 radical (unpaired) electrons. The normalized spacial score (nSPS) is 38.5. The van der Waals surface area contributed by atoms with E-state index < -0.39 is 35.6 Å². The van der Waals surface area contributed by atoms with Crippen molar-refractivity contribution in [2.24, 2.45) is 23.7 Å². The summed E-state index contributed by atoms with van der Waals surface area (Å²) in [5.41, 5.74) is -0.395. The smallest absolute Gasteiger partial charge is 0.310 e. The summed E-state index contributed by atoms with van der Waals surface area (Å²) in [7, 11) is 0. The number of fused-ring (bicyclic) bond motifs is 1. The quantitative estimate of drug-likeness (QED) is 0.523. The molecule has 6 nitrogen and oxygen atoms in total. The molecular weight excluding hydrogens is 348 g/mol. The van der Waals surface area contributed by atoms with Gasteiger partial charge in [-0.2, -0.15) is 0 Å². The minimum atomic E-state index is -0.647. The molecule has 27 heavy (non-hydrogen) atoms. The van der Waals surface area contributed by atoms with E-state index in [1.807, 2.05) is 0 Å². The Bertz CT molecular complexity index is 622. The molecular formula is C21H29O6. The van der Waals surface area contributed by atoms with Gasteiger partial charge in [-0.15, -0.1) is 0 Å². The molecule has 3 aliphatic carbocycles. The lowest BCUT2D eigenvalue weighted by Gasteiger charge is -2.39. The summed E-state index contributed by atoms with van der Waals surface area (Å²) in [6.07, 6.45) is 7.76. The Morgan fingerprint density at radius 1 is 1.22 bits per heavy atom. The highest BCUT2D eigenvalue weighted by Gasteiger charge is 2.70. The first-order valence-corrected chi connectivity index (χ1v) is 10.4. The largest absolute Gasteiger partial charge is 0.459 e. The maximum atomic E-state index is 13.3. The number of carbonyl (C=O) groups excluding carboxylic acids is 3. The van der Waals surface area contributed by atoms with Gasteiger partial charge in [0.15, 0.2) is 0 Å². The van der Waals surface area contributed by atoms with Crippen molar-refractivity contribution in [2.75, 3.05) is 0 Å². The lowest BCUT2D eigenvalue weighted by atomic mass is 9.77. The van der Waals surface area contributed by atoms with Gasteiger partial charge >= 0.3 is 17.9 Å². The van der Waals surface area contributed by atoms with Gasteiger partial charge in [-0.05, 0) is 44.9 Å². The molecule has 0 aromatic carbocycles.